The number of benzene rings is 2. The molecule has 5 aromatic rings. The Bertz CT molecular complexity index is 1710. The Labute approximate surface area is 204 Å². The molecule has 35 heavy (non-hydrogen) atoms. The summed E-state index contributed by atoms with van der Waals surface area (Å²) in [6.07, 6.45) is 0. The number of hydrogen-bond acceptors (Lipinski definition) is 6. The first-order valence-corrected chi connectivity index (χ1v) is 11.8. The van der Waals surface area contributed by atoms with Gasteiger partial charge in [0.05, 0.1) is 22.2 Å². The van der Waals surface area contributed by atoms with Crippen molar-refractivity contribution in [3.8, 4) is 11.8 Å². The number of thioether (sulfide) groups is 1. The van der Waals surface area contributed by atoms with Crippen LogP contribution in [0.3, 0.4) is 0 Å². The fourth-order valence-corrected chi connectivity index (χ4v) is 4.90. The summed E-state index contributed by atoms with van der Waals surface area (Å²) >= 11 is 1.21. The lowest BCUT2D eigenvalue weighted by atomic mass is 10.2. The van der Waals surface area contributed by atoms with Crippen molar-refractivity contribution in [3.05, 3.63) is 81.8 Å². The molecule has 3 aromatic heterocycles. The van der Waals surface area contributed by atoms with Crippen LogP contribution in [0, 0.1) is 25.2 Å². The molecule has 5 rings (SSSR count). The number of nitrogens with one attached hydrogen (secondary N) is 1. The molecule has 0 aliphatic carbocycles. The van der Waals surface area contributed by atoms with E-state index in [-0.39, 0.29) is 17.2 Å². The SMILES string of the molecule is Cc1c(C#N)c(NC(=O)CSc2nnc3n(C)c(=O)c4ccccc4n23)n(-c2ccccc2)c1C. The van der Waals surface area contributed by atoms with Crippen LogP contribution in [-0.4, -0.2) is 35.4 Å². The first-order valence-electron chi connectivity index (χ1n) is 10.8. The number of fused-ring (bicyclic) bond motifs is 3. The van der Waals surface area contributed by atoms with Crippen LogP contribution in [0.25, 0.3) is 22.4 Å². The third-order valence-electron chi connectivity index (χ3n) is 6.03. The second-order valence-corrected chi connectivity index (χ2v) is 9.00. The molecule has 0 aliphatic rings. The van der Waals surface area contributed by atoms with E-state index in [1.54, 1.807) is 23.6 Å². The predicted molar refractivity (Wildman–Crippen MR) is 135 cm³/mol. The summed E-state index contributed by atoms with van der Waals surface area (Å²) in [4.78, 5) is 25.7. The van der Waals surface area contributed by atoms with Gasteiger partial charge in [-0.25, -0.2) is 0 Å². The highest BCUT2D eigenvalue weighted by atomic mass is 32.2. The third-order valence-corrected chi connectivity index (χ3v) is 6.96. The maximum Gasteiger partial charge on any atom is 0.262 e. The molecular formula is C25H21N7O2S. The number of aromatic nitrogens is 5. The quantitative estimate of drug-likeness (QED) is 0.383. The van der Waals surface area contributed by atoms with E-state index in [9.17, 15) is 14.9 Å². The molecule has 0 bridgehead atoms. The fraction of sp³-hybridized carbons (Fsp3) is 0.160. The van der Waals surface area contributed by atoms with E-state index in [0.29, 0.717) is 33.2 Å². The summed E-state index contributed by atoms with van der Waals surface area (Å²) in [6.45, 7) is 3.79. The highest BCUT2D eigenvalue weighted by molar-refractivity contribution is 7.99. The van der Waals surface area contributed by atoms with Gasteiger partial charge in [0.1, 0.15) is 11.9 Å². The topological polar surface area (TPSA) is 110 Å². The minimum Gasteiger partial charge on any atom is -0.310 e. The van der Waals surface area contributed by atoms with Gasteiger partial charge in [0.15, 0.2) is 5.16 Å². The van der Waals surface area contributed by atoms with Gasteiger partial charge < -0.3 is 5.32 Å². The maximum atomic E-state index is 13.0. The second-order valence-electron chi connectivity index (χ2n) is 8.05. The Hall–Kier alpha value is -4.36. The minimum absolute atomic E-state index is 0.0426. The van der Waals surface area contributed by atoms with Gasteiger partial charge in [-0.2, -0.15) is 5.26 Å². The molecule has 1 N–H and O–H groups in total. The van der Waals surface area contributed by atoms with Crippen molar-refractivity contribution in [3.63, 3.8) is 0 Å². The summed E-state index contributed by atoms with van der Waals surface area (Å²) < 4.78 is 5.10. The zero-order valence-electron chi connectivity index (χ0n) is 19.3. The summed E-state index contributed by atoms with van der Waals surface area (Å²) in [7, 11) is 1.64. The Morgan fingerprint density at radius 1 is 1.09 bits per heavy atom. The van der Waals surface area contributed by atoms with Crippen LogP contribution in [-0.2, 0) is 11.8 Å². The molecule has 3 heterocycles. The number of rotatable bonds is 5. The number of nitrogens with zero attached hydrogens (tertiary/aromatic N) is 6. The molecule has 0 atom stereocenters. The summed E-state index contributed by atoms with van der Waals surface area (Å²) in [6, 6.07) is 19.0. The lowest BCUT2D eigenvalue weighted by Gasteiger charge is -2.13. The average Bonchev–Trinajstić information content (AvgIpc) is 3.40. The number of aryl methyl sites for hydroxylation is 1. The van der Waals surface area contributed by atoms with Crippen molar-refractivity contribution >= 4 is 40.2 Å². The van der Waals surface area contributed by atoms with Crippen molar-refractivity contribution in [2.24, 2.45) is 7.05 Å². The van der Waals surface area contributed by atoms with Crippen molar-refractivity contribution in [2.45, 2.75) is 19.0 Å². The van der Waals surface area contributed by atoms with Crippen LogP contribution in [0.1, 0.15) is 16.8 Å². The molecule has 174 valence electrons. The van der Waals surface area contributed by atoms with Crippen molar-refractivity contribution < 1.29 is 4.79 Å². The van der Waals surface area contributed by atoms with Crippen LogP contribution >= 0.6 is 11.8 Å². The van der Waals surface area contributed by atoms with Crippen LogP contribution < -0.4 is 10.9 Å². The van der Waals surface area contributed by atoms with E-state index < -0.39 is 0 Å². The van der Waals surface area contributed by atoms with Gasteiger partial charge in [-0.05, 0) is 43.7 Å². The number of carbonyl (C=O) groups is 1. The third kappa shape index (κ3) is 3.66. The van der Waals surface area contributed by atoms with E-state index in [1.165, 1.54) is 16.3 Å². The van der Waals surface area contributed by atoms with E-state index in [0.717, 1.165) is 16.9 Å². The molecule has 0 spiro atoms. The average molecular weight is 484 g/mol. The lowest BCUT2D eigenvalue weighted by Crippen LogP contribution is -2.20. The van der Waals surface area contributed by atoms with Gasteiger partial charge in [0, 0.05) is 18.4 Å². The highest BCUT2D eigenvalue weighted by Gasteiger charge is 2.21. The monoisotopic (exact) mass is 483 g/mol. The molecule has 2 aromatic carbocycles. The van der Waals surface area contributed by atoms with Crippen LogP contribution in [0.2, 0.25) is 0 Å². The zero-order valence-corrected chi connectivity index (χ0v) is 20.1. The van der Waals surface area contributed by atoms with E-state index >= 15 is 0 Å². The molecule has 9 nitrogen and oxygen atoms in total. The number of anilines is 1. The standard InChI is InChI=1S/C25H21N7O2S/c1-15-16(2)31(17-9-5-4-6-10-17)22(19(15)13-26)27-21(33)14-35-25-29-28-24-30(3)23(34)18-11-7-8-12-20(18)32(24)25/h4-12H,14H2,1-3H3,(H,27,33). The number of carbonyl (C=O) groups excluding carboxylic acids is 1. The molecule has 1 amide bonds. The molecule has 0 unspecified atom stereocenters. The van der Waals surface area contributed by atoms with E-state index in [2.05, 4.69) is 21.6 Å². The normalized spacial score (nSPS) is 11.1. The van der Waals surface area contributed by atoms with Crippen molar-refractivity contribution in [1.82, 2.24) is 23.7 Å². The van der Waals surface area contributed by atoms with Gasteiger partial charge in [-0.3, -0.25) is 23.1 Å². The Morgan fingerprint density at radius 3 is 2.54 bits per heavy atom. The summed E-state index contributed by atoms with van der Waals surface area (Å²) in [5, 5.41) is 22.1. The Kier molecular flexibility index (Phi) is 5.62. The number of hydrogen-bond donors (Lipinski definition) is 1. The Balaban J connectivity index is 1.47. The van der Waals surface area contributed by atoms with Gasteiger partial charge in [-0.15, -0.1) is 10.2 Å². The molecule has 0 aliphatic heterocycles. The first kappa shape index (κ1) is 22.4. The molecule has 0 saturated heterocycles. The smallest absolute Gasteiger partial charge is 0.262 e. The number of amides is 1. The fourth-order valence-electron chi connectivity index (χ4n) is 4.16. The molecule has 10 heteroatoms. The minimum atomic E-state index is -0.285. The van der Waals surface area contributed by atoms with Crippen molar-refractivity contribution in [2.75, 3.05) is 11.1 Å². The van der Waals surface area contributed by atoms with Gasteiger partial charge in [0.2, 0.25) is 11.7 Å². The number of para-hydroxylation sites is 2. The van der Waals surface area contributed by atoms with Gasteiger partial charge >= 0.3 is 0 Å². The van der Waals surface area contributed by atoms with E-state index in [1.807, 2.05) is 60.9 Å². The van der Waals surface area contributed by atoms with Crippen LogP contribution in [0.15, 0.2) is 64.5 Å². The first-order chi connectivity index (χ1) is 16.9. The van der Waals surface area contributed by atoms with E-state index in [4.69, 9.17) is 0 Å². The predicted octanol–water partition coefficient (Wildman–Crippen LogP) is 3.59. The Morgan fingerprint density at radius 2 is 1.80 bits per heavy atom. The summed E-state index contributed by atoms with van der Waals surface area (Å²) in [5.41, 5.74) is 3.49. The largest absolute Gasteiger partial charge is 0.310 e. The van der Waals surface area contributed by atoms with Gasteiger partial charge in [0.25, 0.3) is 5.56 Å². The van der Waals surface area contributed by atoms with Crippen molar-refractivity contribution in [1.29, 1.82) is 5.26 Å². The maximum absolute atomic E-state index is 13.0. The van der Waals surface area contributed by atoms with Crippen LogP contribution in [0.5, 0.6) is 0 Å². The van der Waals surface area contributed by atoms with Gasteiger partial charge in [-0.1, -0.05) is 42.1 Å². The molecular weight excluding hydrogens is 462 g/mol. The molecule has 0 saturated carbocycles. The number of nitriles is 1. The lowest BCUT2D eigenvalue weighted by molar-refractivity contribution is -0.113. The molecule has 0 fully saturated rings. The highest BCUT2D eigenvalue weighted by Crippen LogP contribution is 2.30. The zero-order chi connectivity index (χ0) is 24.7. The second kappa shape index (κ2) is 8.77. The summed E-state index contributed by atoms with van der Waals surface area (Å²) in [5.74, 6) is 0.596. The van der Waals surface area contributed by atoms with Crippen LogP contribution in [0.4, 0.5) is 5.82 Å². The molecule has 0 radical (unpaired) electrons.